The van der Waals surface area contributed by atoms with Crippen molar-refractivity contribution in [2.75, 3.05) is 7.05 Å². The first-order valence-corrected chi connectivity index (χ1v) is 6.14. The molecular weight excluding hydrogens is 243 g/mol. The van der Waals surface area contributed by atoms with E-state index >= 15 is 0 Å². The standard InChI is InChI=1S/C13H21BN2O3/c1-9-8-10(14(18)19)6-7-11(9)12(17)15-16(5)13(2,3)4/h6-8,18-19H,1-5H3,(H,15,17). The normalized spacial score (nSPS) is 11.6. The number of carbonyl (C=O) groups excluding carboxylic acids is 1. The first kappa shape index (κ1) is 15.7. The molecule has 0 aliphatic rings. The van der Waals surface area contributed by atoms with Gasteiger partial charge in [-0.05, 0) is 44.8 Å². The number of carbonyl (C=O) groups is 1. The highest BCUT2D eigenvalue weighted by atomic mass is 16.4. The number of nitrogens with zero attached hydrogens (tertiary/aromatic N) is 1. The molecule has 0 unspecified atom stereocenters. The maximum absolute atomic E-state index is 12.1. The Labute approximate surface area is 114 Å². The summed E-state index contributed by atoms with van der Waals surface area (Å²) in [6.45, 7) is 7.74. The number of rotatable bonds is 3. The predicted molar refractivity (Wildman–Crippen MR) is 76.0 cm³/mol. The number of hydrogen-bond acceptors (Lipinski definition) is 4. The Kier molecular flexibility index (Phi) is 4.73. The van der Waals surface area contributed by atoms with Gasteiger partial charge in [-0.1, -0.05) is 12.1 Å². The molecule has 0 heterocycles. The fraction of sp³-hybridized carbons (Fsp3) is 0.462. The van der Waals surface area contributed by atoms with Gasteiger partial charge in [0.15, 0.2) is 0 Å². The molecule has 1 aromatic carbocycles. The summed E-state index contributed by atoms with van der Waals surface area (Å²) in [7, 11) is 0.284. The molecule has 104 valence electrons. The molecule has 0 bridgehead atoms. The zero-order valence-electron chi connectivity index (χ0n) is 12.1. The first-order chi connectivity index (χ1) is 8.62. The maximum Gasteiger partial charge on any atom is 0.488 e. The molecule has 6 heteroatoms. The lowest BCUT2D eigenvalue weighted by Gasteiger charge is -2.32. The average molecular weight is 264 g/mol. The summed E-state index contributed by atoms with van der Waals surface area (Å²) in [5.74, 6) is -0.214. The van der Waals surface area contributed by atoms with Gasteiger partial charge in [-0.25, -0.2) is 5.01 Å². The third-order valence-electron chi connectivity index (χ3n) is 3.07. The lowest BCUT2D eigenvalue weighted by Crippen LogP contribution is -2.50. The third-order valence-corrected chi connectivity index (χ3v) is 3.07. The number of hydrogen-bond donors (Lipinski definition) is 3. The van der Waals surface area contributed by atoms with Gasteiger partial charge in [0.05, 0.1) is 0 Å². The third kappa shape index (κ3) is 4.06. The van der Waals surface area contributed by atoms with Crippen molar-refractivity contribution in [3.05, 3.63) is 29.3 Å². The van der Waals surface area contributed by atoms with Crippen molar-refractivity contribution in [2.24, 2.45) is 0 Å². The van der Waals surface area contributed by atoms with Crippen molar-refractivity contribution < 1.29 is 14.8 Å². The highest BCUT2D eigenvalue weighted by molar-refractivity contribution is 6.58. The van der Waals surface area contributed by atoms with Crippen molar-refractivity contribution >= 4 is 18.5 Å². The molecule has 1 aromatic rings. The molecule has 0 saturated carbocycles. The van der Waals surface area contributed by atoms with Crippen LogP contribution in [0.25, 0.3) is 0 Å². The SMILES string of the molecule is Cc1cc(B(O)O)ccc1C(=O)NN(C)C(C)(C)C. The van der Waals surface area contributed by atoms with Gasteiger partial charge in [-0.2, -0.15) is 0 Å². The van der Waals surface area contributed by atoms with Crippen LogP contribution < -0.4 is 10.9 Å². The summed E-state index contributed by atoms with van der Waals surface area (Å²) in [6, 6.07) is 4.72. The molecule has 3 N–H and O–H groups in total. The summed E-state index contributed by atoms with van der Waals surface area (Å²) in [5, 5.41) is 19.9. The molecule has 0 saturated heterocycles. The van der Waals surface area contributed by atoms with E-state index in [2.05, 4.69) is 5.43 Å². The highest BCUT2D eigenvalue weighted by Crippen LogP contribution is 2.10. The fourth-order valence-corrected chi connectivity index (χ4v) is 1.48. The van der Waals surface area contributed by atoms with Gasteiger partial charge in [0.1, 0.15) is 0 Å². The molecular formula is C13H21BN2O3. The van der Waals surface area contributed by atoms with Gasteiger partial charge < -0.3 is 10.0 Å². The van der Waals surface area contributed by atoms with Gasteiger partial charge >= 0.3 is 7.12 Å². The van der Waals surface area contributed by atoms with Crippen molar-refractivity contribution in [2.45, 2.75) is 33.2 Å². The molecule has 5 nitrogen and oxygen atoms in total. The van der Waals surface area contributed by atoms with E-state index in [4.69, 9.17) is 10.0 Å². The Bertz CT molecular complexity index is 469. The van der Waals surface area contributed by atoms with Crippen LogP contribution in [0.15, 0.2) is 18.2 Å². The second-order valence-corrected chi connectivity index (χ2v) is 5.62. The lowest BCUT2D eigenvalue weighted by atomic mass is 9.79. The first-order valence-electron chi connectivity index (χ1n) is 6.14. The van der Waals surface area contributed by atoms with Crippen LogP contribution in [0.4, 0.5) is 0 Å². The van der Waals surface area contributed by atoms with Crippen LogP contribution in [0.5, 0.6) is 0 Å². The van der Waals surface area contributed by atoms with Crippen LogP contribution in [0.3, 0.4) is 0 Å². The van der Waals surface area contributed by atoms with Crippen LogP contribution in [0, 0.1) is 6.92 Å². The molecule has 0 radical (unpaired) electrons. The topological polar surface area (TPSA) is 72.8 Å². The molecule has 0 aliphatic heterocycles. The summed E-state index contributed by atoms with van der Waals surface area (Å²) in [4.78, 5) is 12.1. The molecule has 0 aliphatic carbocycles. The van der Waals surface area contributed by atoms with Crippen LogP contribution >= 0.6 is 0 Å². The monoisotopic (exact) mass is 264 g/mol. The van der Waals surface area contributed by atoms with Crippen LogP contribution in [0.2, 0.25) is 0 Å². The van der Waals surface area contributed by atoms with Crippen molar-refractivity contribution in [1.82, 2.24) is 10.4 Å². The predicted octanol–water partition coefficient (Wildman–Crippen LogP) is 0.0499. The van der Waals surface area contributed by atoms with Gasteiger partial charge in [0.2, 0.25) is 0 Å². The van der Waals surface area contributed by atoms with Gasteiger partial charge in [0, 0.05) is 18.2 Å². The van der Waals surface area contributed by atoms with E-state index in [1.54, 1.807) is 31.1 Å². The van der Waals surface area contributed by atoms with E-state index < -0.39 is 7.12 Å². The Morgan fingerprint density at radius 3 is 2.32 bits per heavy atom. The largest absolute Gasteiger partial charge is 0.488 e. The minimum absolute atomic E-state index is 0.176. The smallest absolute Gasteiger partial charge is 0.423 e. The van der Waals surface area contributed by atoms with Crippen LogP contribution in [0.1, 0.15) is 36.7 Å². The Balaban J connectivity index is 2.89. The minimum atomic E-state index is -1.52. The van der Waals surface area contributed by atoms with Crippen LogP contribution in [-0.4, -0.2) is 40.7 Å². The second-order valence-electron chi connectivity index (χ2n) is 5.62. The number of aryl methyl sites for hydroxylation is 1. The van der Waals surface area contributed by atoms with E-state index in [9.17, 15) is 4.79 Å². The summed E-state index contributed by atoms with van der Waals surface area (Å²) in [5.41, 5.74) is 4.21. The number of benzene rings is 1. The zero-order valence-corrected chi connectivity index (χ0v) is 12.1. The van der Waals surface area contributed by atoms with Crippen molar-refractivity contribution in [1.29, 1.82) is 0 Å². The fourth-order valence-electron chi connectivity index (χ4n) is 1.48. The number of amides is 1. The van der Waals surface area contributed by atoms with E-state index in [0.717, 1.165) is 0 Å². The van der Waals surface area contributed by atoms with E-state index in [1.165, 1.54) is 6.07 Å². The van der Waals surface area contributed by atoms with Gasteiger partial charge in [0.25, 0.3) is 5.91 Å². The second kappa shape index (κ2) is 5.73. The van der Waals surface area contributed by atoms with Crippen molar-refractivity contribution in [3.63, 3.8) is 0 Å². The molecule has 0 fully saturated rings. The Hall–Kier alpha value is -1.37. The molecule has 1 rings (SSSR count). The lowest BCUT2D eigenvalue weighted by molar-refractivity contribution is 0.0643. The van der Waals surface area contributed by atoms with E-state index in [-0.39, 0.29) is 11.4 Å². The van der Waals surface area contributed by atoms with E-state index in [0.29, 0.717) is 16.6 Å². The van der Waals surface area contributed by atoms with Crippen molar-refractivity contribution in [3.8, 4) is 0 Å². The summed E-state index contributed by atoms with van der Waals surface area (Å²) in [6.07, 6.45) is 0. The Morgan fingerprint density at radius 2 is 1.89 bits per heavy atom. The quantitative estimate of drug-likeness (QED) is 0.533. The average Bonchev–Trinajstić information content (AvgIpc) is 2.26. The summed E-state index contributed by atoms with van der Waals surface area (Å²) < 4.78 is 0. The molecule has 0 atom stereocenters. The van der Waals surface area contributed by atoms with Crippen LogP contribution in [-0.2, 0) is 0 Å². The van der Waals surface area contributed by atoms with Gasteiger partial charge in [-0.3, -0.25) is 10.2 Å². The Morgan fingerprint density at radius 1 is 1.32 bits per heavy atom. The number of nitrogens with one attached hydrogen (secondary N) is 1. The van der Waals surface area contributed by atoms with E-state index in [1.807, 2.05) is 20.8 Å². The highest BCUT2D eigenvalue weighted by Gasteiger charge is 2.21. The molecule has 0 aromatic heterocycles. The zero-order chi connectivity index (χ0) is 14.8. The number of hydrazine groups is 1. The maximum atomic E-state index is 12.1. The minimum Gasteiger partial charge on any atom is -0.423 e. The summed E-state index contributed by atoms with van der Waals surface area (Å²) >= 11 is 0. The molecule has 19 heavy (non-hydrogen) atoms. The van der Waals surface area contributed by atoms with Gasteiger partial charge in [-0.15, -0.1) is 0 Å². The molecule has 0 spiro atoms. The molecule has 1 amide bonds.